The van der Waals surface area contributed by atoms with Gasteiger partial charge in [-0.1, -0.05) is 0 Å². The van der Waals surface area contributed by atoms with Crippen LogP contribution >= 0.6 is 0 Å². The number of rotatable bonds is 9. The van der Waals surface area contributed by atoms with Crippen molar-refractivity contribution in [1.82, 2.24) is 10.3 Å². The zero-order valence-corrected chi connectivity index (χ0v) is 11.0. The largest absolute Gasteiger partial charge is 0.382 e. The lowest BCUT2D eigenvalue weighted by Gasteiger charge is -2.07. The molecule has 19 heavy (non-hydrogen) atoms. The van der Waals surface area contributed by atoms with Crippen LogP contribution in [-0.2, 0) is 9.47 Å². The van der Waals surface area contributed by atoms with Crippen LogP contribution in [0, 0.1) is 0 Å². The molecule has 7 heteroatoms. The van der Waals surface area contributed by atoms with Crippen LogP contribution in [0.5, 0.6) is 0 Å². The van der Waals surface area contributed by atoms with Gasteiger partial charge in [0.05, 0.1) is 13.2 Å². The van der Waals surface area contributed by atoms with E-state index in [2.05, 4.69) is 15.7 Å². The summed E-state index contributed by atoms with van der Waals surface area (Å²) in [4.78, 5) is 15.7. The van der Waals surface area contributed by atoms with E-state index < -0.39 is 0 Å². The number of hydrogen-bond donors (Lipinski definition) is 3. The van der Waals surface area contributed by atoms with Crippen molar-refractivity contribution in [3.05, 3.63) is 23.9 Å². The predicted molar refractivity (Wildman–Crippen MR) is 71.7 cm³/mol. The normalized spacial score (nSPS) is 10.2. The summed E-state index contributed by atoms with van der Waals surface area (Å²) in [5, 5.41) is 2.79. The zero-order valence-electron chi connectivity index (χ0n) is 11.0. The lowest BCUT2D eigenvalue weighted by atomic mass is 10.2. The summed E-state index contributed by atoms with van der Waals surface area (Å²) in [5.41, 5.74) is 2.91. The number of nitrogens with two attached hydrogens (primary N) is 1. The van der Waals surface area contributed by atoms with Gasteiger partial charge in [0.25, 0.3) is 5.91 Å². The summed E-state index contributed by atoms with van der Waals surface area (Å²) in [6.45, 7) is 2.30. The highest BCUT2D eigenvalue weighted by molar-refractivity contribution is 5.94. The maximum absolute atomic E-state index is 11.8. The van der Waals surface area contributed by atoms with Gasteiger partial charge in [0.1, 0.15) is 5.82 Å². The van der Waals surface area contributed by atoms with E-state index in [1.54, 1.807) is 19.2 Å². The lowest BCUT2D eigenvalue weighted by Crippen LogP contribution is -2.25. The number of amides is 1. The van der Waals surface area contributed by atoms with Gasteiger partial charge in [-0.25, -0.2) is 10.8 Å². The number of nitrogens with one attached hydrogen (secondary N) is 2. The minimum Gasteiger partial charge on any atom is -0.382 e. The van der Waals surface area contributed by atoms with Crippen molar-refractivity contribution < 1.29 is 14.3 Å². The second-order valence-electron chi connectivity index (χ2n) is 3.79. The summed E-state index contributed by atoms with van der Waals surface area (Å²) in [7, 11) is 1.63. The van der Waals surface area contributed by atoms with Crippen molar-refractivity contribution in [2.45, 2.75) is 6.42 Å². The van der Waals surface area contributed by atoms with Crippen molar-refractivity contribution in [1.29, 1.82) is 0 Å². The van der Waals surface area contributed by atoms with E-state index in [4.69, 9.17) is 15.3 Å². The summed E-state index contributed by atoms with van der Waals surface area (Å²) < 4.78 is 10.1. The standard InChI is InChI=1S/C12H20N4O3/c1-18-7-8-19-6-2-4-15-12(17)10-3-5-14-11(9-10)16-13/h3,5,9H,2,4,6-8,13H2,1H3,(H,14,16)(H,15,17). The predicted octanol–water partition coefficient (Wildman–Crippen LogP) is 0.150. The Hall–Kier alpha value is -1.70. The van der Waals surface area contributed by atoms with Gasteiger partial charge >= 0.3 is 0 Å². The first-order valence-corrected chi connectivity index (χ1v) is 6.05. The molecule has 0 aliphatic carbocycles. The maximum Gasteiger partial charge on any atom is 0.251 e. The highest BCUT2D eigenvalue weighted by Gasteiger charge is 2.05. The molecular formula is C12H20N4O3. The number of carbonyl (C=O) groups is 1. The number of aromatic nitrogens is 1. The molecule has 0 spiro atoms. The molecular weight excluding hydrogens is 248 g/mol. The second-order valence-corrected chi connectivity index (χ2v) is 3.79. The van der Waals surface area contributed by atoms with Crippen LogP contribution < -0.4 is 16.6 Å². The molecule has 4 N–H and O–H groups in total. The number of ether oxygens (including phenoxy) is 2. The van der Waals surface area contributed by atoms with E-state index >= 15 is 0 Å². The molecule has 0 aliphatic heterocycles. The van der Waals surface area contributed by atoms with Crippen LogP contribution in [0.3, 0.4) is 0 Å². The fraction of sp³-hybridized carbons (Fsp3) is 0.500. The van der Waals surface area contributed by atoms with Gasteiger partial charge in [0.15, 0.2) is 0 Å². The van der Waals surface area contributed by atoms with Crippen LogP contribution in [0.2, 0.25) is 0 Å². The van der Waals surface area contributed by atoms with Crippen LogP contribution in [0.25, 0.3) is 0 Å². The van der Waals surface area contributed by atoms with Crippen LogP contribution in [-0.4, -0.2) is 44.4 Å². The van der Waals surface area contributed by atoms with Gasteiger partial charge in [0, 0.05) is 32.0 Å². The number of anilines is 1. The Bertz CT molecular complexity index is 387. The number of pyridine rings is 1. The third-order valence-corrected chi connectivity index (χ3v) is 2.35. The van der Waals surface area contributed by atoms with Crippen molar-refractivity contribution in [3.8, 4) is 0 Å². The SMILES string of the molecule is COCCOCCCNC(=O)c1ccnc(NN)c1. The molecule has 1 heterocycles. The lowest BCUT2D eigenvalue weighted by molar-refractivity contribution is 0.0688. The molecule has 0 radical (unpaired) electrons. The molecule has 0 unspecified atom stereocenters. The topological polar surface area (TPSA) is 98.5 Å². The third kappa shape index (κ3) is 6.14. The minimum absolute atomic E-state index is 0.157. The molecule has 0 atom stereocenters. The Labute approximate surface area is 112 Å². The van der Waals surface area contributed by atoms with Gasteiger partial charge in [0.2, 0.25) is 0 Å². The molecule has 106 valence electrons. The van der Waals surface area contributed by atoms with Crippen molar-refractivity contribution in [2.75, 3.05) is 38.9 Å². The monoisotopic (exact) mass is 268 g/mol. The highest BCUT2D eigenvalue weighted by Crippen LogP contribution is 2.04. The smallest absolute Gasteiger partial charge is 0.251 e. The zero-order chi connectivity index (χ0) is 13.9. The van der Waals surface area contributed by atoms with Gasteiger partial charge in [-0.15, -0.1) is 0 Å². The Balaban J connectivity index is 2.20. The molecule has 0 fully saturated rings. The molecule has 0 bridgehead atoms. The molecule has 1 aromatic rings. The van der Waals surface area contributed by atoms with E-state index in [1.807, 2.05) is 0 Å². The number of carbonyl (C=O) groups excluding carboxylic acids is 1. The Morgan fingerprint density at radius 1 is 1.42 bits per heavy atom. The first kappa shape index (κ1) is 15.4. The van der Waals surface area contributed by atoms with Crippen LogP contribution in [0.15, 0.2) is 18.3 Å². The Morgan fingerprint density at radius 2 is 2.26 bits per heavy atom. The molecule has 1 rings (SSSR count). The van der Waals surface area contributed by atoms with E-state index in [-0.39, 0.29) is 5.91 Å². The number of nitrogens with zero attached hydrogens (tertiary/aromatic N) is 1. The van der Waals surface area contributed by atoms with E-state index in [0.29, 0.717) is 37.7 Å². The summed E-state index contributed by atoms with van der Waals surface area (Å²) in [6.07, 6.45) is 2.28. The highest BCUT2D eigenvalue weighted by atomic mass is 16.5. The molecule has 7 nitrogen and oxygen atoms in total. The van der Waals surface area contributed by atoms with Gasteiger partial charge in [-0.05, 0) is 18.6 Å². The van der Waals surface area contributed by atoms with E-state index in [1.165, 1.54) is 6.20 Å². The van der Waals surface area contributed by atoms with Crippen LogP contribution in [0.4, 0.5) is 5.82 Å². The fourth-order valence-electron chi connectivity index (χ4n) is 1.37. The molecule has 1 aromatic heterocycles. The first-order chi connectivity index (χ1) is 9.27. The Morgan fingerprint density at radius 3 is 3.00 bits per heavy atom. The summed E-state index contributed by atoms with van der Waals surface area (Å²) in [5.74, 6) is 5.53. The first-order valence-electron chi connectivity index (χ1n) is 6.05. The van der Waals surface area contributed by atoms with E-state index in [9.17, 15) is 4.79 Å². The number of hydrazine groups is 1. The van der Waals surface area contributed by atoms with Crippen molar-refractivity contribution >= 4 is 11.7 Å². The number of nitrogen functional groups attached to an aromatic ring is 1. The fourth-order valence-corrected chi connectivity index (χ4v) is 1.37. The van der Waals surface area contributed by atoms with Gasteiger partial charge in [-0.2, -0.15) is 0 Å². The average molecular weight is 268 g/mol. The quantitative estimate of drug-likeness (QED) is 0.335. The number of hydrogen-bond acceptors (Lipinski definition) is 6. The summed E-state index contributed by atoms with van der Waals surface area (Å²) >= 11 is 0. The summed E-state index contributed by atoms with van der Waals surface area (Å²) in [6, 6.07) is 3.22. The minimum atomic E-state index is -0.157. The Kier molecular flexibility index (Phi) is 7.48. The van der Waals surface area contributed by atoms with Crippen LogP contribution in [0.1, 0.15) is 16.8 Å². The molecule has 0 saturated carbocycles. The maximum atomic E-state index is 11.8. The van der Waals surface area contributed by atoms with Crippen molar-refractivity contribution in [2.24, 2.45) is 5.84 Å². The van der Waals surface area contributed by atoms with E-state index in [0.717, 1.165) is 6.42 Å². The molecule has 0 aromatic carbocycles. The molecule has 0 aliphatic rings. The molecule has 0 saturated heterocycles. The third-order valence-electron chi connectivity index (χ3n) is 2.35. The van der Waals surface area contributed by atoms with Gasteiger partial charge in [-0.3, -0.25) is 4.79 Å². The number of methoxy groups -OCH3 is 1. The second kappa shape index (κ2) is 9.26. The van der Waals surface area contributed by atoms with Crippen molar-refractivity contribution in [3.63, 3.8) is 0 Å². The molecule has 1 amide bonds. The average Bonchev–Trinajstić information content (AvgIpc) is 2.46. The van der Waals surface area contributed by atoms with Gasteiger partial charge < -0.3 is 20.2 Å².